The van der Waals surface area contributed by atoms with Crippen molar-refractivity contribution in [2.45, 2.75) is 38.3 Å². The van der Waals surface area contributed by atoms with Crippen LogP contribution in [0, 0.1) is 5.92 Å². The first-order valence-electron chi connectivity index (χ1n) is 8.42. The molecule has 0 aliphatic carbocycles. The molecule has 0 amide bonds. The van der Waals surface area contributed by atoms with Gasteiger partial charge in [-0.2, -0.15) is 0 Å². The summed E-state index contributed by atoms with van der Waals surface area (Å²) < 4.78 is 5.72. The SMILES string of the molecule is CC1OCCC1CN1CCCNC(Cc2ccccc2)C1. The van der Waals surface area contributed by atoms with Crippen LogP contribution in [0.5, 0.6) is 0 Å². The Morgan fingerprint density at radius 2 is 2.14 bits per heavy atom. The second-order valence-corrected chi connectivity index (χ2v) is 6.58. The zero-order valence-corrected chi connectivity index (χ0v) is 13.1. The molecule has 2 heterocycles. The summed E-state index contributed by atoms with van der Waals surface area (Å²) in [4.78, 5) is 2.66. The van der Waals surface area contributed by atoms with Gasteiger partial charge in [-0.15, -0.1) is 0 Å². The highest BCUT2D eigenvalue weighted by Crippen LogP contribution is 2.22. The van der Waals surface area contributed by atoms with E-state index >= 15 is 0 Å². The molecule has 3 heteroatoms. The number of rotatable bonds is 4. The maximum Gasteiger partial charge on any atom is 0.0588 e. The highest BCUT2D eigenvalue weighted by atomic mass is 16.5. The van der Waals surface area contributed by atoms with Crippen LogP contribution < -0.4 is 5.32 Å². The van der Waals surface area contributed by atoms with E-state index in [2.05, 4.69) is 47.5 Å². The lowest BCUT2D eigenvalue weighted by Crippen LogP contribution is -2.41. The lowest BCUT2D eigenvalue weighted by molar-refractivity contribution is 0.0920. The highest BCUT2D eigenvalue weighted by molar-refractivity contribution is 5.16. The van der Waals surface area contributed by atoms with Gasteiger partial charge in [0.05, 0.1) is 6.10 Å². The molecule has 2 saturated heterocycles. The minimum atomic E-state index is 0.439. The van der Waals surface area contributed by atoms with Crippen LogP contribution in [0.1, 0.15) is 25.3 Å². The number of nitrogens with one attached hydrogen (secondary N) is 1. The molecule has 2 fully saturated rings. The van der Waals surface area contributed by atoms with E-state index in [0.717, 1.165) is 32.0 Å². The van der Waals surface area contributed by atoms with Gasteiger partial charge in [0.25, 0.3) is 0 Å². The summed E-state index contributed by atoms with van der Waals surface area (Å²) in [6.07, 6.45) is 4.06. The molecule has 1 aromatic carbocycles. The fourth-order valence-corrected chi connectivity index (χ4v) is 3.62. The molecule has 2 aliphatic heterocycles. The normalized spacial score (nSPS) is 31.2. The summed E-state index contributed by atoms with van der Waals surface area (Å²) in [6.45, 7) is 7.92. The van der Waals surface area contributed by atoms with E-state index in [1.807, 2.05) is 0 Å². The van der Waals surface area contributed by atoms with Crippen molar-refractivity contribution in [3.05, 3.63) is 35.9 Å². The van der Waals surface area contributed by atoms with Gasteiger partial charge in [-0.1, -0.05) is 30.3 Å². The molecule has 1 aromatic rings. The van der Waals surface area contributed by atoms with Crippen molar-refractivity contribution in [1.82, 2.24) is 10.2 Å². The van der Waals surface area contributed by atoms with Gasteiger partial charge in [0.1, 0.15) is 0 Å². The van der Waals surface area contributed by atoms with Gasteiger partial charge in [0.15, 0.2) is 0 Å². The van der Waals surface area contributed by atoms with Crippen LogP contribution >= 0.6 is 0 Å². The molecule has 0 bridgehead atoms. The van der Waals surface area contributed by atoms with E-state index in [1.165, 1.54) is 31.5 Å². The second kappa shape index (κ2) is 7.39. The minimum absolute atomic E-state index is 0.439. The van der Waals surface area contributed by atoms with Gasteiger partial charge in [-0.25, -0.2) is 0 Å². The molecular weight excluding hydrogens is 260 g/mol. The topological polar surface area (TPSA) is 24.5 Å². The molecule has 3 rings (SSSR count). The molecule has 3 unspecified atom stereocenters. The molecule has 0 radical (unpaired) electrons. The smallest absolute Gasteiger partial charge is 0.0588 e. The van der Waals surface area contributed by atoms with Gasteiger partial charge >= 0.3 is 0 Å². The minimum Gasteiger partial charge on any atom is -0.378 e. The second-order valence-electron chi connectivity index (χ2n) is 6.58. The Bertz CT molecular complexity index is 422. The van der Waals surface area contributed by atoms with E-state index in [-0.39, 0.29) is 0 Å². The fourth-order valence-electron chi connectivity index (χ4n) is 3.62. The van der Waals surface area contributed by atoms with Crippen LogP contribution in [0.15, 0.2) is 30.3 Å². The predicted octanol–water partition coefficient (Wildman–Crippen LogP) is 2.32. The number of nitrogens with zero attached hydrogens (tertiary/aromatic N) is 1. The first-order valence-corrected chi connectivity index (χ1v) is 8.42. The number of ether oxygens (including phenoxy) is 1. The largest absolute Gasteiger partial charge is 0.378 e. The van der Waals surface area contributed by atoms with Gasteiger partial charge in [0, 0.05) is 25.7 Å². The average molecular weight is 288 g/mol. The van der Waals surface area contributed by atoms with Crippen molar-refractivity contribution < 1.29 is 4.74 Å². The molecule has 3 atom stereocenters. The Kier molecular flexibility index (Phi) is 5.28. The van der Waals surface area contributed by atoms with Crippen LogP contribution in [-0.2, 0) is 11.2 Å². The van der Waals surface area contributed by atoms with Crippen LogP contribution in [0.3, 0.4) is 0 Å². The molecule has 116 valence electrons. The van der Waals surface area contributed by atoms with E-state index in [9.17, 15) is 0 Å². The van der Waals surface area contributed by atoms with Crippen molar-refractivity contribution in [2.24, 2.45) is 5.92 Å². The van der Waals surface area contributed by atoms with Gasteiger partial charge < -0.3 is 15.0 Å². The Hall–Kier alpha value is -0.900. The average Bonchev–Trinajstić information content (AvgIpc) is 2.76. The monoisotopic (exact) mass is 288 g/mol. The van der Waals surface area contributed by atoms with E-state index in [0.29, 0.717) is 12.1 Å². The maximum atomic E-state index is 5.72. The number of hydrogen-bond donors (Lipinski definition) is 1. The lowest BCUT2D eigenvalue weighted by atomic mass is 10.0. The summed E-state index contributed by atoms with van der Waals surface area (Å²) in [7, 11) is 0. The molecule has 0 saturated carbocycles. The van der Waals surface area contributed by atoms with Crippen molar-refractivity contribution in [3.8, 4) is 0 Å². The molecule has 0 spiro atoms. The van der Waals surface area contributed by atoms with Crippen molar-refractivity contribution in [3.63, 3.8) is 0 Å². The van der Waals surface area contributed by atoms with Crippen molar-refractivity contribution in [2.75, 3.05) is 32.8 Å². The Morgan fingerprint density at radius 3 is 2.90 bits per heavy atom. The third-order valence-electron chi connectivity index (χ3n) is 4.91. The first kappa shape index (κ1) is 15.0. The number of benzene rings is 1. The quantitative estimate of drug-likeness (QED) is 0.920. The third-order valence-corrected chi connectivity index (χ3v) is 4.91. The first-order chi connectivity index (χ1) is 10.3. The van der Waals surface area contributed by atoms with Crippen LogP contribution in [0.2, 0.25) is 0 Å². The zero-order valence-electron chi connectivity index (χ0n) is 13.1. The fraction of sp³-hybridized carbons (Fsp3) is 0.667. The maximum absolute atomic E-state index is 5.72. The summed E-state index contributed by atoms with van der Waals surface area (Å²) in [5, 5.41) is 3.72. The molecule has 21 heavy (non-hydrogen) atoms. The molecule has 3 nitrogen and oxygen atoms in total. The van der Waals surface area contributed by atoms with Gasteiger partial charge in [-0.3, -0.25) is 0 Å². The molecule has 2 aliphatic rings. The molecule has 0 aromatic heterocycles. The number of hydrogen-bond acceptors (Lipinski definition) is 3. The van der Waals surface area contributed by atoms with Crippen LogP contribution in [0.25, 0.3) is 0 Å². The van der Waals surface area contributed by atoms with Crippen LogP contribution in [0.4, 0.5) is 0 Å². The molecule has 1 N–H and O–H groups in total. The standard InChI is InChI=1S/C18H28N2O/c1-15-17(8-11-21-15)13-20-10-5-9-19-18(14-20)12-16-6-3-2-4-7-16/h2-4,6-7,15,17-19H,5,8-14H2,1H3. The summed E-state index contributed by atoms with van der Waals surface area (Å²) >= 11 is 0. The Morgan fingerprint density at radius 1 is 1.29 bits per heavy atom. The Balaban J connectivity index is 1.55. The highest BCUT2D eigenvalue weighted by Gasteiger charge is 2.27. The summed E-state index contributed by atoms with van der Waals surface area (Å²) in [5.41, 5.74) is 1.44. The van der Waals surface area contributed by atoms with Crippen molar-refractivity contribution in [1.29, 1.82) is 0 Å². The van der Waals surface area contributed by atoms with E-state index in [1.54, 1.807) is 0 Å². The van der Waals surface area contributed by atoms with Crippen molar-refractivity contribution >= 4 is 0 Å². The van der Waals surface area contributed by atoms with Crippen LogP contribution in [-0.4, -0.2) is 49.8 Å². The zero-order chi connectivity index (χ0) is 14.5. The summed E-state index contributed by atoms with van der Waals surface area (Å²) in [6, 6.07) is 11.4. The van der Waals surface area contributed by atoms with E-state index in [4.69, 9.17) is 4.74 Å². The summed E-state index contributed by atoms with van der Waals surface area (Å²) in [5.74, 6) is 0.723. The van der Waals surface area contributed by atoms with Gasteiger partial charge in [-0.05, 0) is 50.8 Å². The predicted molar refractivity (Wildman–Crippen MR) is 86.5 cm³/mol. The molecular formula is C18H28N2O. The Labute approximate surface area is 128 Å². The third kappa shape index (κ3) is 4.29. The lowest BCUT2D eigenvalue weighted by Gasteiger charge is -2.28. The van der Waals surface area contributed by atoms with Gasteiger partial charge in [0.2, 0.25) is 0 Å². The van der Waals surface area contributed by atoms with E-state index < -0.39 is 0 Å².